The van der Waals surface area contributed by atoms with Gasteiger partial charge in [-0.1, -0.05) is 25.0 Å². The van der Waals surface area contributed by atoms with E-state index < -0.39 is 0 Å². The van der Waals surface area contributed by atoms with Crippen molar-refractivity contribution in [1.82, 2.24) is 10.6 Å². The Hall–Kier alpha value is -1.07. The Bertz CT molecular complexity index is 294. The first-order valence-corrected chi connectivity index (χ1v) is 7.01. The molecule has 1 aliphatic carbocycles. The maximum Gasteiger partial charge on any atom is 0.315 e. The molecule has 2 atom stereocenters. The lowest BCUT2D eigenvalue weighted by Gasteiger charge is -2.30. The molecule has 1 aliphatic rings. The van der Waals surface area contributed by atoms with Crippen molar-refractivity contribution in [2.75, 3.05) is 26.4 Å². The van der Waals surface area contributed by atoms with Crippen molar-refractivity contribution in [2.24, 2.45) is 5.92 Å². The topological polar surface area (TPSA) is 70.6 Å². The van der Waals surface area contributed by atoms with Gasteiger partial charge in [-0.15, -0.1) is 0 Å². The fourth-order valence-corrected chi connectivity index (χ4v) is 2.32. The van der Waals surface area contributed by atoms with Gasteiger partial charge in [-0.3, -0.25) is 0 Å². The van der Waals surface area contributed by atoms with Crippen LogP contribution >= 0.6 is 0 Å². The molecule has 2 unspecified atom stereocenters. The van der Waals surface area contributed by atoms with E-state index in [-0.39, 0.29) is 24.6 Å². The summed E-state index contributed by atoms with van der Waals surface area (Å²) in [5.41, 5.74) is 0.970. The van der Waals surface area contributed by atoms with E-state index in [2.05, 4.69) is 17.2 Å². The highest BCUT2D eigenvalue weighted by molar-refractivity contribution is 5.74. The number of nitrogens with one attached hydrogen (secondary N) is 2. The van der Waals surface area contributed by atoms with Gasteiger partial charge in [-0.2, -0.15) is 0 Å². The molecule has 19 heavy (non-hydrogen) atoms. The standard InChI is InChI=1S/C14H26N2O3/c1-11(2)10-19-8-7-15-14(18)16-13-6-4-3-5-12(13)9-17/h12-13,17H,1,3-10H2,2H3,(H2,15,16,18). The molecule has 0 aliphatic heterocycles. The van der Waals surface area contributed by atoms with Crippen LogP contribution in [0.5, 0.6) is 0 Å². The van der Waals surface area contributed by atoms with Crippen molar-refractivity contribution in [3.8, 4) is 0 Å². The molecule has 0 bridgehead atoms. The smallest absolute Gasteiger partial charge is 0.315 e. The molecule has 1 rings (SSSR count). The monoisotopic (exact) mass is 270 g/mol. The molecule has 0 spiro atoms. The quantitative estimate of drug-likeness (QED) is 0.484. The molecule has 0 saturated heterocycles. The number of hydrogen-bond acceptors (Lipinski definition) is 3. The molecule has 0 heterocycles. The van der Waals surface area contributed by atoms with Crippen LogP contribution in [0.4, 0.5) is 4.79 Å². The fraction of sp³-hybridized carbons (Fsp3) is 0.786. The van der Waals surface area contributed by atoms with Crippen LogP contribution in [0.2, 0.25) is 0 Å². The van der Waals surface area contributed by atoms with Crippen molar-refractivity contribution >= 4 is 6.03 Å². The number of ether oxygens (including phenoxy) is 1. The third-order valence-electron chi connectivity index (χ3n) is 3.34. The number of rotatable bonds is 7. The molecular formula is C14H26N2O3. The summed E-state index contributed by atoms with van der Waals surface area (Å²) in [5, 5.41) is 15.0. The molecule has 0 aromatic rings. The van der Waals surface area contributed by atoms with Crippen molar-refractivity contribution in [3.05, 3.63) is 12.2 Å². The van der Waals surface area contributed by atoms with Gasteiger partial charge in [0.25, 0.3) is 0 Å². The Morgan fingerprint density at radius 3 is 2.84 bits per heavy atom. The van der Waals surface area contributed by atoms with E-state index in [9.17, 15) is 9.90 Å². The van der Waals surface area contributed by atoms with Crippen molar-refractivity contribution < 1.29 is 14.6 Å². The molecule has 2 amide bonds. The SMILES string of the molecule is C=C(C)COCCNC(=O)NC1CCCCC1CO. The highest BCUT2D eigenvalue weighted by Gasteiger charge is 2.25. The van der Waals surface area contributed by atoms with Crippen LogP contribution < -0.4 is 10.6 Å². The van der Waals surface area contributed by atoms with Crippen molar-refractivity contribution in [3.63, 3.8) is 0 Å². The Morgan fingerprint density at radius 1 is 1.42 bits per heavy atom. The minimum absolute atomic E-state index is 0.0927. The fourth-order valence-electron chi connectivity index (χ4n) is 2.32. The first-order valence-electron chi connectivity index (χ1n) is 7.01. The van der Waals surface area contributed by atoms with Gasteiger partial charge in [0, 0.05) is 25.1 Å². The lowest BCUT2D eigenvalue weighted by atomic mass is 9.85. The number of carbonyl (C=O) groups excluding carboxylic acids is 1. The highest BCUT2D eigenvalue weighted by Crippen LogP contribution is 2.23. The second-order valence-corrected chi connectivity index (χ2v) is 5.24. The van der Waals surface area contributed by atoms with Gasteiger partial charge in [-0.05, 0) is 19.8 Å². The molecular weight excluding hydrogens is 244 g/mol. The minimum atomic E-state index is -0.177. The number of aliphatic hydroxyl groups excluding tert-OH is 1. The lowest BCUT2D eigenvalue weighted by Crippen LogP contribution is -2.48. The average Bonchev–Trinajstić information content (AvgIpc) is 2.38. The largest absolute Gasteiger partial charge is 0.396 e. The maximum absolute atomic E-state index is 11.7. The predicted molar refractivity (Wildman–Crippen MR) is 75.0 cm³/mol. The molecule has 110 valence electrons. The van der Waals surface area contributed by atoms with Crippen LogP contribution in [-0.4, -0.2) is 43.5 Å². The molecule has 3 N–H and O–H groups in total. The summed E-state index contributed by atoms with van der Waals surface area (Å²) in [6.07, 6.45) is 4.19. The third-order valence-corrected chi connectivity index (χ3v) is 3.34. The Kier molecular flexibility index (Phi) is 7.52. The van der Waals surface area contributed by atoms with Crippen LogP contribution in [0, 0.1) is 5.92 Å². The summed E-state index contributed by atoms with van der Waals surface area (Å²) in [6, 6.07) is -0.0839. The summed E-state index contributed by atoms with van der Waals surface area (Å²) in [7, 11) is 0. The van der Waals surface area contributed by atoms with Gasteiger partial charge in [0.1, 0.15) is 0 Å². The van der Waals surface area contributed by atoms with E-state index in [1.54, 1.807) is 0 Å². The molecule has 0 aromatic carbocycles. The third kappa shape index (κ3) is 6.59. The molecule has 0 aromatic heterocycles. The molecule has 1 saturated carbocycles. The number of carbonyl (C=O) groups is 1. The summed E-state index contributed by atoms with van der Waals surface area (Å²) < 4.78 is 5.30. The van der Waals surface area contributed by atoms with Crippen molar-refractivity contribution in [1.29, 1.82) is 0 Å². The van der Waals surface area contributed by atoms with E-state index in [0.717, 1.165) is 31.3 Å². The van der Waals surface area contributed by atoms with Crippen molar-refractivity contribution in [2.45, 2.75) is 38.6 Å². The van der Waals surface area contributed by atoms with Gasteiger partial charge >= 0.3 is 6.03 Å². The summed E-state index contributed by atoms with van der Waals surface area (Å²) >= 11 is 0. The number of amides is 2. The van der Waals surface area contributed by atoms with Gasteiger partial charge in [-0.25, -0.2) is 4.79 Å². The Labute approximate surface area is 115 Å². The van der Waals surface area contributed by atoms with E-state index in [0.29, 0.717) is 19.8 Å². The molecule has 5 nitrogen and oxygen atoms in total. The van der Waals surface area contributed by atoms with E-state index >= 15 is 0 Å². The second kappa shape index (κ2) is 8.93. The number of hydrogen-bond donors (Lipinski definition) is 3. The number of urea groups is 1. The van der Waals surface area contributed by atoms with Gasteiger partial charge in [0.05, 0.1) is 13.2 Å². The summed E-state index contributed by atoms with van der Waals surface area (Å²) in [6.45, 7) is 7.27. The molecule has 0 radical (unpaired) electrons. The lowest BCUT2D eigenvalue weighted by molar-refractivity contribution is 0.147. The summed E-state index contributed by atoms with van der Waals surface area (Å²) in [4.78, 5) is 11.7. The van der Waals surface area contributed by atoms with Crippen LogP contribution in [0.15, 0.2) is 12.2 Å². The first-order chi connectivity index (χ1) is 9.13. The Balaban J connectivity index is 2.14. The predicted octanol–water partition coefficient (Wildman–Crippen LogP) is 1.43. The van der Waals surface area contributed by atoms with Crippen LogP contribution in [-0.2, 0) is 4.74 Å². The zero-order valence-electron chi connectivity index (χ0n) is 11.8. The van der Waals surface area contributed by atoms with Gasteiger partial charge < -0.3 is 20.5 Å². The van der Waals surface area contributed by atoms with E-state index in [1.807, 2.05) is 6.92 Å². The average molecular weight is 270 g/mol. The normalized spacial score (nSPS) is 22.8. The van der Waals surface area contributed by atoms with E-state index in [4.69, 9.17) is 4.74 Å². The zero-order valence-corrected chi connectivity index (χ0v) is 11.8. The van der Waals surface area contributed by atoms with Gasteiger partial charge in [0.15, 0.2) is 0 Å². The van der Waals surface area contributed by atoms with Crippen LogP contribution in [0.25, 0.3) is 0 Å². The second-order valence-electron chi connectivity index (χ2n) is 5.24. The first kappa shape index (κ1) is 16.0. The molecule has 1 fully saturated rings. The maximum atomic E-state index is 11.7. The summed E-state index contributed by atoms with van der Waals surface area (Å²) in [5.74, 6) is 0.194. The highest BCUT2D eigenvalue weighted by atomic mass is 16.5. The van der Waals surface area contributed by atoms with Gasteiger partial charge in [0.2, 0.25) is 0 Å². The molecule has 5 heteroatoms. The minimum Gasteiger partial charge on any atom is -0.396 e. The van der Waals surface area contributed by atoms with Crippen LogP contribution in [0.1, 0.15) is 32.6 Å². The zero-order chi connectivity index (χ0) is 14.1. The number of aliphatic hydroxyl groups is 1. The Morgan fingerprint density at radius 2 is 2.16 bits per heavy atom. The van der Waals surface area contributed by atoms with E-state index in [1.165, 1.54) is 0 Å². The van der Waals surface area contributed by atoms with Crippen LogP contribution in [0.3, 0.4) is 0 Å².